The zero-order valence-electron chi connectivity index (χ0n) is 13.1. The average Bonchev–Trinajstić information content (AvgIpc) is 2.96. The van der Waals surface area contributed by atoms with E-state index in [0.29, 0.717) is 13.1 Å². The first kappa shape index (κ1) is 18.7. The van der Waals surface area contributed by atoms with Gasteiger partial charge >= 0.3 is 0 Å². The molecule has 0 spiro atoms. The Kier molecular flexibility index (Phi) is 6.48. The molecule has 6 heteroatoms. The Morgan fingerprint density at radius 1 is 1.30 bits per heavy atom. The summed E-state index contributed by atoms with van der Waals surface area (Å²) >= 11 is 3.47. The van der Waals surface area contributed by atoms with Crippen molar-refractivity contribution in [3.63, 3.8) is 0 Å². The molecule has 0 aromatic heterocycles. The van der Waals surface area contributed by atoms with Gasteiger partial charge in [-0.05, 0) is 43.4 Å². The first-order valence-corrected chi connectivity index (χ1v) is 8.81. The highest BCUT2D eigenvalue weighted by Crippen LogP contribution is 2.43. The number of rotatable bonds is 5. The van der Waals surface area contributed by atoms with Gasteiger partial charge in [0.05, 0.1) is 6.10 Å². The molecule has 2 fully saturated rings. The monoisotopic (exact) mass is 402 g/mol. The van der Waals surface area contributed by atoms with E-state index < -0.39 is 0 Å². The highest BCUT2D eigenvalue weighted by atomic mass is 79.9. The maximum Gasteiger partial charge on any atom is 0.249 e. The van der Waals surface area contributed by atoms with Crippen molar-refractivity contribution in [2.24, 2.45) is 5.73 Å². The molecule has 1 aliphatic heterocycles. The predicted octanol–water partition coefficient (Wildman–Crippen LogP) is 2.92. The van der Waals surface area contributed by atoms with Crippen LogP contribution >= 0.6 is 28.3 Å². The van der Waals surface area contributed by atoms with Gasteiger partial charge in [-0.15, -0.1) is 12.4 Å². The number of carbonyl (C=O) groups is 1. The van der Waals surface area contributed by atoms with Crippen LogP contribution in [0.5, 0.6) is 0 Å². The summed E-state index contributed by atoms with van der Waals surface area (Å²) < 4.78 is 6.75. The van der Waals surface area contributed by atoms with Crippen molar-refractivity contribution in [1.29, 1.82) is 0 Å². The number of hydrogen-bond donors (Lipinski definition) is 2. The average molecular weight is 404 g/mol. The quantitative estimate of drug-likeness (QED) is 0.794. The van der Waals surface area contributed by atoms with Crippen molar-refractivity contribution in [3.05, 3.63) is 34.3 Å². The predicted molar refractivity (Wildman–Crippen MR) is 96.9 cm³/mol. The van der Waals surface area contributed by atoms with E-state index in [0.717, 1.165) is 30.2 Å². The normalized spacial score (nSPS) is 25.3. The second-order valence-electron chi connectivity index (χ2n) is 6.42. The molecule has 1 heterocycles. The molecule has 1 amide bonds. The lowest BCUT2D eigenvalue weighted by molar-refractivity contribution is -0.132. The smallest absolute Gasteiger partial charge is 0.249 e. The maximum absolute atomic E-state index is 12.3. The number of hydrogen-bond acceptors (Lipinski definition) is 3. The molecule has 4 nitrogen and oxygen atoms in total. The minimum atomic E-state index is -0.324. The standard InChI is InChI=1S/C17H23BrN2O2.ClH/c18-13-4-2-12(3-5-13)17(8-1-9-17)11-20-16(21)15-7-6-14(10-19)22-15;/h2-5,14-15H,1,6-11,19H2,(H,20,21);1H/t14-,15+;/m1./s1. The summed E-state index contributed by atoms with van der Waals surface area (Å²) in [5.41, 5.74) is 7.01. The highest BCUT2D eigenvalue weighted by molar-refractivity contribution is 9.10. The number of nitrogens with two attached hydrogens (primary N) is 1. The van der Waals surface area contributed by atoms with Crippen LogP contribution in [0.1, 0.15) is 37.7 Å². The lowest BCUT2D eigenvalue weighted by Gasteiger charge is -2.42. The summed E-state index contributed by atoms with van der Waals surface area (Å²) in [5, 5.41) is 3.11. The molecule has 1 saturated heterocycles. The molecule has 1 aromatic rings. The number of benzene rings is 1. The molecule has 1 aliphatic carbocycles. The Bertz CT molecular complexity index is 534. The minimum Gasteiger partial charge on any atom is -0.364 e. The molecule has 0 bridgehead atoms. The lowest BCUT2D eigenvalue weighted by Crippen LogP contribution is -2.48. The van der Waals surface area contributed by atoms with Gasteiger partial charge in [-0.1, -0.05) is 34.5 Å². The van der Waals surface area contributed by atoms with Gasteiger partial charge in [-0.3, -0.25) is 4.79 Å². The van der Waals surface area contributed by atoms with E-state index >= 15 is 0 Å². The van der Waals surface area contributed by atoms with E-state index in [1.54, 1.807) is 0 Å². The fourth-order valence-electron chi connectivity index (χ4n) is 3.42. The molecule has 1 saturated carbocycles. The third-order valence-electron chi connectivity index (χ3n) is 5.03. The Morgan fingerprint density at radius 2 is 2.00 bits per heavy atom. The molecular weight excluding hydrogens is 380 g/mol. The van der Waals surface area contributed by atoms with Crippen LogP contribution in [0.3, 0.4) is 0 Å². The van der Waals surface area contributed by atoms with Crippen molar-refractivity contribution in [1.82, 2.24) is 5.32 Å². The molecule has 3 rings (SSSR count). The van der Waals surface area contributed by atoms with Gasteiger partial charge in [0.1, 0.15) is 6.10 Å². The van der Waals surface area contributed by atoms with Gasteiger partial charge in [0.15, 0.2) is 0 Å². The molecule has 0 unspecified atom stereocenters. The number of halogens is 2. The van der Waals surface area contributed by atoms with Gasteiger partial charge in [-0.25, -0.2) is 0 Å². The van der Waals surface area contributed by atoms with Crippen LogP contribution in [0, 0.1) is 0 Å². The van der Waals surface area contributed by atoms with Crippen LogP contribution in [0.2, 0.25) is 0 Å². The molecule has 1 aromatic carbocycles. The Balaban J connectivity index is 0.00000192. The van der Waals surface area contributed by atoms with Crippen LogP contribution in [0.15, 0.2) is 28.7 Å². The van der Waals surface area contributed by atoms with Crippen molar-refractivity contribution in [2.75, 3.05) is 13.1 Å². The Hall–Kier alpha value is -0.620. The summed E-state index contributed by atoms with van der Waals surface area (Å²) in [7, 11) is 0. The largest absolute Gasteiger partial charge is 0.364 e. The third-order valence-corrected chi connectivity index (χ3v) is 5.56. The fourth-order valence-corrected chi connectivity index (χ4v) is 3.68. The molecule has 2 aliphatic rings. The van der Waals surface area contributed by atoms with Crippen LogP contribution < -0.4 is 11.1 Å². The minimum absolute atomic E-state index is 0. The van der Waals surface area contributed by atoms with E-state index in [4.69, 9.17) is 10.5 Å². The van der Waals surface area contributed by atoms with Crippen molar-refractivity contribution in [2.45, 2.75) is 49.7 Å². The van der Waals surface area contributed by atoms with Gasteiger partial charge in [0.25, 0.3) is 0 Å². The van der Waals surface area contributed by atoms with Gasteiger partial charge in [-0.2, -0.15) is 0 Å². The number of ether oxygens (including phenoxy) is 1. The van der Waals surface area contributed by atoms with Crippen LogP contribution in [0.25, 0.3) is 0 Å². The summed E-state index contributed by atoms with van der Waals surface area (Å²) in [4.78, 5) is 12.3. The maximum atomic E-state index is 12.3. The Labute approximate surface area is 152 Å². The van der Waals surface area contributed by atoms with Gasteiger partial charge < -0.3 is 15.8 Å². The van der Waals surface area contributed by atoms with E-state index in [9.17, 15) is 4.79 Å². The molecule has 23 heavy (non-hydrogen) atoms. The lowest BCUT2D eigenvalue weighted by atomic mass is 9.64. The first-order valence-electron chi connectivity index (χ1n) is 8.02. The molecular formula is C17H24BrClN2O2. The highest BCUT2D eigenvalue weighted by Gasteiger charge is 2.39. The number of nitrogens with one attached hydrogen (secondary N) is 1. The van der Waals surface area contributed by atoms with E-state index in [2.05, 4.69) is 45.5 Å². The van der Waals surface area contributed by atoms with Gasteiger partial charge in [0, 0.05) is 23.0 Å². The zero-order chi connectivity index (χ0) is 15.6. The van der Waals surface area contributed by atoms with Crippen LogP contribution in [-0.2, 0) is 14.9 Å². The summed E-state index contributed by atoms with van der Waals surface area (Å²) in [5.74, 6) is 0.0133. The number of carbonyl (C=O) groups excluding carboxylic acids is 1. The second-order valence-corrected chi connectivity index (χ2v) is 7.33. The SMILES string of the molecule is Cl.NC[C@H]1CC[C@@H](C(=O)NCC2(c3ccc(Br)cc3)CCC2)O1. The number of amides is 1. The first-order chi connectivity index (χ1) is 10.6. The zero-order valence-corrected chi connectivity index (χ0v) is 15.5. The Morgan fingerprint density at radius 3 is 2.52 bits per heavy atom. The van der Waals surface area contributed by atoms with Crippen molar-refractivity contribution < 1.29 is 9.53 Å². The van der Waals surface area contributed by atoms with Gasteiger partial charge in [0.2, 0.25) is 5.91 Å². The van der Waals surface area contributed by atoms with Crippen molar-refractivity contribution in [3.8, 4) is 0 Å². The summed E-state index contributed by atoms with van der Waals surface area (Å²) in [6.45, 7) is 1.19. The molecule has 2 atom stereocenters. The van der Waals surface area contributed by atoms with Crippen LogP contribution in [0.4, 0.5) is 0 Å². The van der Waals surface area contributed by atoms with Crippen molar-refractivity contribution >= 4 is 34.2 Å². The molecule has 0 radical (unpaired) electrons. The van der Waals surface area contributed by atoms with E-state index in [1.165, 1.54) is 12.0 Å². The summed E-state index contributed by atoms with van der Waals surface area (Å²) in [6, 6.07) is 8.46. The topological polar surface area (TPSA) is 64.4 Å². The van der Waals surface area contributed by atoms with E-state index in [1.807, 2.05) is 0 Å². The van der Waals surface area contributed by atoms with E-state index in [-0.39, 0.29) is 35.9 Å². The molecule has 128 valence electrons. The van der Waals surface area contributed by atoms with Crippen LogP contribution in [-0.4, -0.2) is 31.2 Å². The fraction of sp³-hybridized carbons (Fsp3) is 0.588. The molecule has 3 N–H and O–H groups in total. The third kappa shape index (κ3) is 4.08. The second kappa shape index (κ2) is 7.97. The summed E-state index contributed by atoms with van der Waals surface area (Å²) in [6.07, 6.45) is 4.86.